The van der Waals surface area contributed by atoms with Gasteiger partial charge < -0.3 is 9.72 Å². The lowest BCUT2D eigenvalue weighted by Crippen LogP contribution is -2.35. The molecule has 1 aromatic rings. The SMILES string of the molecule is C=c1[nH]cc(CC(C(=O)OCC)[N+](=O)[O-])/c1=C/C=C\C. The zero-order chi connectivity index (χ0) is 15.1. The third-order valence-electron chi connectivity index (χ3n) is 2.77. The molecule has 1 unspecified atom stereocenters. The van der Waals surface area contributed by atoms with Gasteiger partial charge in [-0.2, -0.15) is 0 Å². The number of aromatic amines is 1. The summed E-state index contributed by atoms with van der Waals surface area (Å²) in [6.45, 7) is 7.42. The van der Waals surface area contributed by atoms with Crippen LogP contribution in [0, 0.1) is 10.1 Å². The van der Waals surface area contributed by atoms with E-state index in [1.54, 1.807) is 19.2 Å². The second-order valence-electron chi connectivity index (χ2n) is 4.16. The molecule has 0 saturated carbocycles. The summed E-state index contributed by atoms with van der Waals surface area (Å²) >= 11 is 0. The summed E-state index contributed by atoms with van der Waals surface area (Å²) in [6, 6.07) is -1.40. The van der Waals surface area contributed by atoms with Gasteiger partial charge in [0.1, 0.15) is 0 Å². The van der Waals surface area contributed by atoms with Crippen LogP contribution in [0.25, 0.3) is 12.7 Å². The molecule has 0 bridgehead atoms. The second-order valence-corrected chi connectivity index (χ2v) is 4.16. The summed E-state index contributed by atoms with van der Waals surface area (Å²) in [7, 11) is 0. The van der Waals surface area contributed by atoms with Crippen molar-refractivity contribution in [2.24, 2.45) is 0 Å². The van der Waals surface area contributed by atoms with Crippen LogP contribution in [0.5, 0.6) is 0 Å². The lowest BCUT2D eigenvalue weighted by atomic mass is 10.1. The molecular formula is C14H18N2O4. The van der Waals surface area contributed by atoms with Gasteiger partial charge in [0.2, 0.25) is 0 Å². The van der Waals surface area contributed by atoms with E-state index in [1.807, 2.05) is 19.1 Å². The van der Waals surface area contributed by atoms with Gasteiger partial charge in [0.25, 0.3) is 0 Å². The molecular weight excluding hydrogens is 260 g/mol. The number of nitro groups is 1. The molecule has 0 aliphatic carbocycles. The van der Waals surface area contributed by atoms with Gasteiger partial charge in [-0.1, -0.05) is 24.8 Å². The number of esters is 1. The van der Waals surface area contributed by atoms with Crippen molar-refractivity contribution >= 4 is 18.6 Å². The maximum absolute atomic E-state index is 11.6. The average Bonchev–Trinajstić information content (AvgIpc) is 2.74. The summed E-state index contributed by atoms with van der Waals surface area (Å²) in [4.78, 5) is 24.9. The maximum atomic E-state index is 11.6. The fourth-order valence-corrected chi connectivity index (χ4v) is 1.78. The average molecular weight is 278 g/mol. The number of H-pyrrole nitrogens is 1. The van der Waals surface area contributed by atoms with Crippen molar-refractivity contribution in [3.8, 4) is 0 Å². The molecule has 1 atom stereocenters. The molecule has 0 fully saturated rings. The van der Waals surface area contributed by atoms with Crippen LogP contribution >= 0.6 is 0 Å². The van der Waals surface area contributed by atoms with Crippen molar-refractivity contribution in [3.05, 3.63) is 44.6 Å². The summed E-state index contributed by atoms with van der Waals surface area (Å²) in [6.07, 6.45) is 7.06. The minimum atomic E-state index is -1.40. The smallest absolute Gasteiger partial charge is 0.382 e. The van der Waals surface area contributed by atoms with E-state index in [9.17, 15) is 14.9 Å². The minimum Gasteiger partial charge on any atom is -0.461 e. The van der Waals surface area contributed by atoms with Crippen LogP contribution in [-0.4, -0.2) is 28.5 Å². The third kappa shape index (κ3) is 3.81. The molecule has 6 heteroatoms. The molecule has 0 aromatic carbocycles. The summed E-state index contributed by atoms with van der Waals surface area (Å²) in [5, 5.41) is 12.4. The first kappa shape index (κ1) is 15.7. The number of hydrogen-bond donors (Lipinski definition) is 1. The zero-order valence-electron chi connectivity index (χ0n) is 11.6. The van der Waals surface area contributed by atoms with Crippen LogP contribution in [0.1, 0.15) is 19.4 Å². The van der Waals surface area contributed by atoms with Crippen molar-refractivity contribution < 1.29 is 14.5 Å². The van der Waals surface area contributed by atoms with E-state index in [2.05, 4.69) is 11.6 Å². The van der Waals surface area contributed by atoms with Crippen molar-refractivity contribution in [3.63, 3.8) is 0 Å². The van der Waals surface area contributed by atoms with E-state index in [4.69, 9.17) is 4.74 Å². The molecule has 0 radical (unpaired) electrons. The van der Waals surface area contributed by atoms with E-state index in [0.717, 1.165) is 5.22 Å². The number of carbonyl (C=O) groups excluding carboxylic acids is 1. The van der Waals surface area contributed by atoms with E-state index >= 15 is 0 Å². The first-order chi connectivity index (χ1) is 9.51. The number of nitrogens with zero attached hydrogens (tertiary/aromatic N) is 1. The van der Waals surface area contributed by atoms with Crippen LogP contribution in [0.4, 0.5) is 0 Å². The standard InChI is InChI=1S/C14H18N2O4/c1-4-6-7-12-10(3)15-9-11(12)8-13(16(18)19)14(17)20-5-2/h4,6-7,9,13,15H,3,5,8H2,1-2H3/b6-4-,12-7+. The van der Waals surface area contributed by atoms with E-state index in [0.29, 0.717) is 10.9 Å². The Bertz CT molecular complexity index is 616. The Balaban J connectivity index is 3.10. The first-order valence-corrected chi connectivity index (χ1v) is 6.29. The summed E-state index contributed by atoms with van der Waals surface area (Å²) in [5.74, 6) is -0.818. The van der Waals surface area contributed by atoms with Crippen LogP contribution in [-0.2, 0) is 16.0 Å². The topological polar surface area (TPSA) is 85.2 Å². The van der Waals surface area contributed by atoms with E-state index in [-0.39, 0.29) is 13.0 Å². The van der Waals surface area contributed by atoms with Crippen LogP contribution in [0.15, 0.2) is 18.3 Å². The summed E-state index contributed by atoms with van der Waals surface area (Å²) in [5.41, 5.74) is 0.669. The monoisotopic (exact) mass is 278 g/mol. The predicted molar refractivity (Wildman–Crippen MR) is 76.0 cm³/mol. The van der Waals surface area contributed by atoms with Crippen molar-refractivity contribution in [2.75, 3.05) is 6.61 Å². The molecule has 0 spiro atoms. The molecule has 108 valence electrons. The van der Waals surface area contributed by atoms with E-state index in [1.165, 1.54) is 0 Å². The Hall–Kier alpha value is -2.37. The maximum Gasteiger partial charge on any atom is 0.382 e. The van der Waals surface area contributed by atoms with Gasteiger partial charge in [-0.3, -0.25) is 10.1 Å². The molecule has 6 nitrogen and oxygen atoms in total. The number of aromatic nitrogens is 1. The number of hydrogen-bond acceptors (Lipinski definition) is 4. The Kier molecular flexibility index (Phi) is 5.71. The number of carbonyl (C=O) groups is 1. The number of nitrogens with one attached hydrogen (secondary N) is 1. The van der Waals surface area contributed by atoms with Gasteiger partial charge in [0.15, 0.2) is 0 Å². The molecule has 0 saturated heterocycles. The third-order valence-corrected chi connectivity index (χ3v) is 2.77. The quantitative estimate of drug-likeness (QED) is 0.467. The molecule has 1 aromatic heterocycles. The number of allylic oxidation sites excluding steroid dienone is 2. The lowest BCUT2D eigenvalue weighted by Gasteiger charge is -2.07. The largest absolute Gasteiger partial charge is 0.461 e. The highest BCUT2D eigenvalue weighted by Crippen LogP contribution is 2.03. The van der Waals surface area contributed by atoms with Crippen LogP contribution in [0.3, 0.4) is 0 Å². The predicted octanol–water partition coefficient (Wildman–Crippen LogP) is 0.533. The van der Waals surface area contributed by atoms with E-state index < -0.39 is 16.9 Å². The van der Waals surface area contributed by atoms with Crippen molar-refractivity contribution in [2.45, 2.75) is 26.3 Å². The molecule has 1 rings (SSSR count). The Labute approximate surface area is 116 Å². The van der Waals surface area contributed by atoms with Crippen molar-refractivity contribution in [1.29, 1.82) is 0 Å². The first-order valence-electron chi connectivity index (χ1n) is 6.29. The molecule has 1 heterocycles. The highest BCUT2D eigenvalue weighted by Gasteiger charge is 2.31. The minimum absolute atomic E-state index is 0.0265. The van der Waals surface area contributed by atoms with Gasteiger partial charge >= 0.3 is 12.0 Å². The second kappa shape index (κ2) is 7.28. The highest BCUT2D eigenvalue weighted by atomic mass is 16.6. The lowest BCUT2D eigenvalue weighted by molar-refractivity contribution is -0.510. The van der Waals surface area contributed by atoms with Gasteiger partial charge in [-0.25, -0.2) is 4.79 Å². The Morgan fingerprint density at radius 3 is 2.90 bits per heavy atom. The number of rotatable bonds is 6. The zero-order valence-corrected chi connectivity index (χ0v) is 11.6. The van der Waals surface area contributed by atoms with Gasteiger partial charge in [-0.05, 0) is 19.4 Å². The molecule has 0 aliphatic rings. The molecule has 1 N–H and O–H groups in total. The highest BCUT2D eigenvalue weighted by molar-refractivity contribution is 5.74. The van der Waals surface area contributed by atoms with Crippen LogP contribution < -0.4 is 10.6 Å². The molecule has 0 aliphatic heterocycles. The number of ether oxygens (including phenoxy) is 1. The summed E-state index contributed by atoms with van der Waals surface area (Å²) < 4.78 is 4.73. The Morgan fingerprint density at radius 2 is 2.35 bits per heavy atom. The molecule has 0 amide bonds. The van der Waals surface area contributed by atoms with Gasteiger partial charge in [-0.15, -0.1) is 0 Å². The normalized spacial score (nSPS) is 13.6. The van der Waals surface area contributed by atoms with Crippen LogP contribution in [0.2, 0.25) is 0 Å². The van der Waals surface area contributed by atoms with Gasteiger partial charge in [0, 0.05) is 21.7 Å². The van der Waals surface area contributed by atoms with Crippen molar-refractivity contribution in [1.82, 2.24) is 4.98 Å². The van der Waals surface area contributed by atoms with Gasteiger partial charge in [0.05, 0.1) is 13.0 Å². The fourth-order valence-electron chi connectivity index (χ4n) is 1.78. The fraction of sp³-hybridized carbons (Fsp3) is 0.357. The molecule has 20 heavy (non-hydrogen) atoms. The Morgan fingerprint density at radius 1 is 1.65 bits per heavy atom.